The molecule has 0 N–H and O–H groups in total. The fourth-order valence-electron chi connectivity index (χ4n) is 1.59. The molecule has 0 heterocycles. The van der Waals surface area contributed by atoms with Crippen LogP contribution in [0.2, 0.25) is 0 Å². The number of Topliss-reactive ketones (excluding diaryl/α,β-unsaturated/α-hetero) is 1. The lowest BCUT2D eigenvalue weighted by atomic mass is 10.1. The van der Waals surface area contributed by atoms with E-state index in [9.17, 15) is 18.0 Å². The third-order valence-corrected chi connectivity index (χ3v) is 4.49. The van der Waals surface area contributed by atoms with Crippen molar-refractivity contribution in [3.05, 3.63) is 29.8 Å². The highest BCUT2D eigenvalue weighted by molar-refractivity contribution is 7.92. The molecule has 0 atom stereocenters. The highest BCUT2D eigenvalue weighted by Crippen LogP contribution is 2.13. The standard InChI is InChI=1S/C15H20O5S/c1-11(2)8-9-20-15(17)10-21(18,19)14-6-4-13(5-7-14)12(3)16/h4-7,11H,8-10H2,1-3H3. The zero-order valence-corrected chi connectivity index (χ0v) is 13.3. The molecule has 0 saturated heterocycles. The van der Waals surface area contributed by atoms with Crippen LogP contribution in [0.15, 0.2) is 29.2 Å². The Morgan fingerprint density at radius 2 is 1.71 bits per heavy atom. The van der Waals surface area contributed by atoms with Crippen molar-refractivity contribution in [3.8, 4) is 0 Å². The first-order valence-electron chi connectivity index (χ1n) is 6.72. The lowest BCUT2D eigenvalue weighted by Crippen LogP contribution is -2.19. The van der Waals surface area contributed by atoms with Gasteiger partial charge in [-0.2, -0.15) is 0 Å². The van der Waals surface area contributed by atoms with Gasteiger partial charge in [0.05, 0.1) is 11.5 Å². The van der Waals surface area contributed by atoms with E-state index in [0.717, 1.165) is 0 Å². The molecule has 6 heteroatoms. The van der Waals surface area contributed by atoms with Gasteiger partial charge in [0.25, 0.3) is 0 Å². The minimum absolute atomic E-state index is 0.00769. The Morgan fingerprint density at radius 1 is 1.14 bits per heavy atom. The van der Waals surface area contributed by atoms with Gasteiger partial charge in [-0.3, -0.25) is 9.59 Å². The summed E-state index contributed by atoms with van der Waals surface area (Å²) in [7, 11) is -3.74. The van der Waals surface area contributed by atoms with Crippen molar-refractivity contribution >= 4 is 21.6 Å². The Labute approximate surface area is 125 Å². The maximum Gasteiger partial charge on any atom is 0.321 e. The molecular formula is C15H20O5S. The second-order valence-electron chi connectivity index (χ2n) is 5.24. The fourth-order valence-corrected chi connectivity index (χ4v) is 2.70. The molecule has 0 spiro atoms. The topological polar surface area (TPSA) is 77.5 Å². The van der Waals surface area contributed by atoms with E-state index in [1.807, 2.05) is 13.8 Å². The van der Waals surface area contributed by atoms with Crippen molar-refractivity contribution in [2.45, 2.75) is 32.1 Å². The molecule has 1 aromatic rings. The molecule has 0 radical (unpaired) electrons. The zero-order valence-electron chi connectivity index (χ0n) is 12.5. The summed E-state index contributed by atoms with van der Waals surface area (Å²) in [5.41, 5.74) is 0.424. The number of sulfone groups is 1. The molecule has 0 aromatic heterocycles. The summed E-state index contributed by atoms with van der Waals surface area (Å²) in [5, 5.41) is 0. The maximum atomic E-state index is 12.0. The van der Waals surface area contributed by atoms with Crippen LogP contribution in [0, 0.1) is 5.92 Å². The van der Waals surface area contributed by atoms with Gasteiger partial charge in [-0.25, -0.2) is 8.42 Å². The minimum Gasteiger partial charge on any atom is -0.465 e. The van der Waals surface area contributed by atoms with Crippen LogP contribution in [-0.2, 0) is 19.4 Å². The summed E-state index contributed by atoms with van der Waals surface area (Å²) in [6.45, 7) is 5.59. The Hall–Kier alpha value is -1.69. The second kappa shape index (κ2) is 7.36. The maximum absolute atomic E-state index is 12.0. The minimum atomic E-state index is -3.74. The van der Waals surface area contributed by atoms with Crippen LogP contribution in [0.1, 0.15) is 37.6 Å². The van der Waals surface area contributed by atoms with Crippen LogP contribution < -0.4 is 0 Å². The van der Waals surface area contributed by atoms with Gasteiger partial charge < -0.3 is 4.74 Å². The van der Waals surface area contributed by atoms with Gasteiger partial charge in [-0.15, -0.1) is 0 Å². The highest BCUT2D eigenvalue weighted by atomic mass is 32.2. The number of esters is 1. The van der Waals surface area contributed by atoms with Crippen LogP contribution in [0.5, 0.6) is 0 Å². The Morgan fingerprint density at radius 3 is 2.19 bits per heavy atom. The van der Waals surface area contributed by atoms with E-state index in [4.69, 9.17) is 4.74 Å². The predicted molar refractivity (Wildman–Crippen MR) is 78.9 cm³/mol. The highest BCUT2D eigenvalue weighted by Gasteiger charge is 2.20. The van der Waals surface area contributed by atoms with Gasteiger partial charge in [0, 0.05) is 5.56 Å². The first kappa shape index (κ1) is 17.4. The van der Waals surface area contributed by atoms with E-state index in [0.29, 0.717) is 17.9 Å². The average molecular weight is 312 g/mol. The second-order valence-corrected chi connectivity index (χ2v) is 7.23. The van der Waals surface area contributed by atoms with Gasteiger partial charge in [0.1, 0.15) is 0 Å². The van der Waals surface area contributed by atoms with E-state index in [1.165, 1.54) is 31.2 Å². The van der Waals surface area contributed by atoms with Crippen molar-refractivity contribution in [2.75, 3.05) is 12.4 Å². The molecule has 1 rings (SSSR count). The summed E-state index contributed by atoms with van der Waals surface area (Å²) < 4.78 is 29.0. The Kier molecular flexibility index (Phi) is 6.08. The number of benzene rings is 1. The number of carbonyl (C=O) groups is 2. The van der Waals surface area contributed by atoms with E-state index in [1.54, 1.807) is 0 Å². The molecule has 0 amide bonds. The number of rotatable bonds is 7. The Bertz CT molecular complexity index is 599. The number of carbonyl (C=O) groups excluding carboxylic acids is 2. The van der Waals surface area contributed by atoms with Gasteiger partial charge in [0.15, 0.2) is 21.4 Å². The Balaban J connectivity index is 2.68. The summed E-state index contributed by atoms with van der Waals surface area (Å²) in [6, 6.07) is 5.51. The fraction of sp³-hybridized carbons (Fsp3) is 0.467. The smallest absolute Gasteiger partial charge is 0.321 e. The van der Waals surface area contributed by atoms with Crippen LogP contribution >= 0.6 is 0 Å². The SMILES string of the molecule is CC(=O)c1ccc(S(=O)(=O)CC(=O)OCCC(C)C)cc1. The summed E-state index contributed by atoms with van der Waals surface area (Å²) in [5.74, 6) is -1.21. The number of hydrogen-bond acceptors (Lipinski definition) is 5. The summed E-state index contributed by atoms with van der Waals surface area (Å²) >= 11 is 0. The van der Waals surface area contributed by atoms with Gasteiger partial charge >= 0.3 is 5.97 Å². The molecule has 21 heavy (non-hydrogen) atoms. The molecular weight excluding hydrogens is 292 g/mol. The number of hydrogen-bond donors (Lipinski definition) is 0. The molecule has 0 fully saturated rings. The van der Waals surface area contributed by atoms with Crippen molar-refractivity contribution in [1.29, 1.82) is 0 Å². The molecule has 0 aliphatic carbocycles. The van der Waals surface area contributed by atoms with Gasteiger partial charge in [0.2, 0.25) is 0 Å². The molecule has 0 saturated carbocycles. The summed E-state index contributed by atoms with van der Waals surface area (Å²) in [4.78, 5) is 22.7. The van der Waals surface area contributed by atoms with Crippen molar-refractivity contribution in [2.24, 2.45) is 5.92 Å². The van der Waals surface area contributed by atoms with Crippen molar-refractivity contribution in [3.63, 3.8) is 0 Å². The number of ether oxygens (including phenoxy) is 1. The van der Waals surface area contributed by atoms with Gasteiger partial charge in [-0.1, -0.05) is 26.0 Å². The quantitative estimate of drug-likeness (QED) is 0.570. The lowest BCUT2D eigenvalue weighted by Gasteiger charge is -2.08. The normalized spacial score (nSPS) is 11.4. The summed E-state index contributed by atoms with van der Waals surface area (Å²) in [6.07, 6.45) is 0.694. The molecule has 0 bridgehead atoms. The van der Waals surface area contributed by atoms with E-state index < -0.39 is 21.6 Å². The molecule has 0 aliphatic heterocycles. The third kappa shape index (κ3) is 5.67. The predicted octanol–water partition coefficient (Wildman–Crippen LogP) is 2.25. The molecule has 0 unspecified atom stereocenters. The van der Waals surface area contributed by atoms with Crippen LogP contribution in [0.25, 0.3) is 0 Å². The zero-order chi connectivity index (χ0) is 16.0. The largest absolute Gasteiger partial charge is 0.465 e. The van der Waals surface area contributed by atoms with E-state index in [-0.39, 0.29) is 17.3 Å². The first-order valence-corrected chi connectivity index (χ1v) is 8.37. The molecule has 5 nitrogen and oxygen atoms in total. The monoisotopic (exact) mass is 312 g/mol. The average Bonchev–Trinajstić information content (AvgIpc) is 2.37. The van der Waals surface area contributed by atoms with E-state index in [2.05, 4.69) is 0 Å². The molecule has 1 aromatic carbocycles. The number of ketones is 1. The first-order chi connectivity index (χ1) is 9.72. The third-order valence-electron chi connectivity index (χ3n) is 2.89. The molecule has 116 valence electrons. The van der Waals surface area contributed by atoms with Crippen molar-refractivity contribution in [1.82, 2.24) is 0 Å². The van der Waals surface area contributed by atoms with Crippen molar-refractivity contribution < 1.29 is 22.7 Å². The van der Waals surface area contributed by atoms with Crippen LogP contribution in [-0.4, -0.2) is 32.5 Å². The lowest BCUT2D eigenvalue weighted by molar-refractivity contribution is -0.140. The van der Waals surface area contributed by atoms with Crippen LogP contribution in [0.3, 0.4) is 0 Å². The van der Waals surface area contributed by atoms with Gasteiger partial charge in [-0.05, 0) is 31.4 Å². The van der Waals surface area contributed by atoms with E-state index >= 15 is 0 Å². The molecule has 0 aliphatic rings. The van der Waals surface area contributed by atoms with Crippen LogP contribution in [0.4, 0.5) is 0 Å².